The summed E-state index contributed by atoms with van der Waals surface area (Å²) >= 11 is 0. The van der Waals surface area contributed by atoms with E-state index in [9.17, 15) is 0 Å². The van der Waals surface area contributed by atoms with E-state index in [2.05, 4.69) is 257 Å². The van der Waals surface area contributed by atoms with Gasteiger partial charge in [0.25, 0.3) is 0 Å². The van der Waals surface area contributed by atoms with Gasteiger partial charge >= 0.3 is 0 Å². The largest absolute Gasteiger partial charge is 0.485 e. The highest BCUT2D eigenvalue weighted by Crippen LogP contribution is 2.55. The molecule has 0 amide bonds. The normalized spacial score (nSPS) is 16.9. The molecule has 1 aromatic heterocycles. The van der Waals surface area contributed by atoms with E-state index in [-0.39, 0.29) is 22.9 Å². The van der Waals surface area contributed by atoms with Crippen molar-refractivity contribution in [3.05, 3.63) is 270 Å². The first kappa shape index (κ1) is 43.6. The Kier molecular flexibility index (Phi) is 9.48. The zero-order valence-electron chi connectivity index (χ0n) is 42.4. The number of fused-ring (bicyclic) bond motifs is 12. The molecule has 1 aliphatic heterocycles. The molecule has 75 heavy (non-hydrogen) atoms. The Morgan fingerprint density at radius 3 is 1.55 bits per heavy atom. The maximum atomic E-state index is 6.33. The van der Waals surface area contributed by atoms with Crippen LogP contribution in [0.1, 0.15) is 67.0 Å². The SMILES string of the molecule is CC1(C)c2cc(C3=CC4c5ccccc5OC4C=C3)ccc2-c2ccc(N(c3ccc(-c4ccc(-c5ccccc5)cc4)cc3)c3ccc4c(c3)C(C)(C)c3cc(-c5ccc6oc7ccccc7c6c5)ccc3-4)cc21. The number of para-hydroxylation sites is 2. The van der Waals surface area contributed by atoms with E-state index in [0.29, 0.717) is 0 Å². The van der Waals surface area contributed by atoms with Crippen LogP contribution >= 0.6 is 0 Å². The van der Waals surface area contributed by atoms with Gasteiger partial charge < -0.3 is 14.1 Å². The van der Waals surface area contributed by atoms with Crippen LogP contribution in [0.25, 0.3) is 83.1 Å². The van der Waals surface area contributed by atoms with E-state index in [0.717, 1.165) is 44.8 Å². The minimum atomic E-state index is -0.248. The Labute approximate surface area is 438 Å². The minimum absolute atomic E-state index is 0.0429. The summed E-state index contributed by atoms with van der Waals surface area (Å²) in [5.74, 6) is 1.20. The average Bonchev–Trinajstić information content (AvgIpc) is 4.15. The Hall–Kier alpha value is -8.92. The Bertz CT molecular complexity index is 4210. The minimum Gasteiger partial charge on any atom is -0.485 e. The van der Waals surface area contributed by atoms with Gasteiger partial charge in [0.1, 0.15) is 23.0 Å². The summed E-state index contributed by atoms with van der Waals surface area (Å²) in [7, 11) is 0. The van der Waals surface area contributed by atoms with Gasteiger partial charge in [-0.2, -0.15) is 0 Å². The van der Waals surface area contributed by atoms with Crippen LogP contribution < -0.4 is 9.64 Å². The van der Waals surface area contributed by atoms with Crippen LogP contribution in [0.15, 0.2) is 241 Å². The summed E-state index contributed by atoms with van der Waals surface area (Å²) in [4.78, 5) is 2.47. The summed E-state index contributed by atoms with van der Waals surface area (Å²) in [6.07, 6.45) is 6.94. The molecule has 2 heterocycles. The second-order valence-electron chi connectivity index (χ2n) is 22.0. The molecule has 0 bridgehead atoms. The molecule has 0 spiro atoms. The van der Waals surface area contributed by atoms with Crippen molar-refractivity contribution in [1.29, 1.82) is 0 Å². The highest BCUT2D eigenvalue weighted by molar-refractivity contribution is 6.06. The van der Waals surface area contributed by atoms with Crippen LogP contribution in [0.2, 0.25) is 0 Å². The molecular formula is C72H53NO2. The first-order valence-corrected chi connectivity index (χ1v) is 26.4. The quantitative estimate of drug-likeness (QED) is 0.159. The number of furan rings is 1. The van der Waals surface area contributed by atoms with Crippen molar-refractivity contribution < 1.29 is 9.15 Å². The summed E-state index contributed by atoms with van der Waals surface area (Å²) in [6.45, 7) is 9.58. The molecule has 2 atom stereocenters. The molecule has 358 valence electrons. The van der Waals surface area contributed by atoms with Crippen LogP contribution in [0.5, 0.6) is 5.75 Å². The standard InChI is InChI=1S/C72H53NO2/c1-71(2)63-40-50(48-26-36-69-61(38-48)59-14-8-10-16-67(59)74-69)24-32-55(63)57-34-30-53(42-65(57)71)73(52-28-22-47(23-29-52)46-20-18-45(19-21-46)44-12-6-5-7-13-44)54-31-35-58-56-33-25-51(41-64(56)72(3,4)66(58)43-54)49-27-37-70-62(39-49)60-15-9-11-17-68(60)75-70/h5-43,61,69H,1-4H3. The molecular weight excluding hydrogens is 911 g/mol. The van der Waals surface area contributed by atoms with Crippen LogP contribution in [-0.4, -0.2) is 6.10 Å². The van der Waals surface area contributed by atoms with Crippen LogP contribution in [-0.2, 0) is 10.8 Å². The maximum absolute atomic E-state index is 6.33. The van der Waals surface area contributed by atoms with E-state index in [1.807, 2.05) is 12.1 Å². The second-order valence-corrected chi connectivity index (χ2v) is 22.0. The summed E-state index contributed by atoms with van der Waals surface area (Å²) in [5.41, 5.74) is 26.3. The molecule has 0 radical (unpaired) electrons. The number of hydrogen-bond acceptors (Lipinski definition) is 3. The highest BCUT2D eigenvalue weighted by atomic mass is 16.5. The average molecular weight is 964 g/mol. The number of ether oxygens (including phenoxy) is 1. The van der Waals surface area contributed by atoms with Gasteiger partial charge in [-0.3, -0.25) is 0 Å². The number of nitrogens with zero attached hydrogens (tertiary/aromatic N) is 1. The van der Waals surface area contributed by atoms with Gasteiger partial charge in [-0.25, -0.2) is 0 Å². The van der Waals surface area contributed by atoms with Crippen LogP contribution in [0, 0.1) is 0 Å². The van der Waals surface area contributed by atoms with Crippen molar-refractivity contribution in [2.24, 2.45) is 0 Å². The fourth-order valence-corrected chi connectivity index (χ4v) is 13.0. The van der Waals surface area contributed by atoms with Crippen molar-refractivity contribution >= 4 is 44.6 Å². The van der Waals surface area contributed by atoms with Gasteiger partial charge in [-0.15, -0.1) is 0 Å². The first-order chi connectivity index (χ1) is 36.6. The number of anilines is 3. The fraction of sp³-hybridized carbons (Fsp3) is 0.111. The van der Waals surface area contributed by atoms with Crippen molar-refractivity contribution in [3.8, 4) is 61.4 Å². The van der Waals surface area contributed by atoms with Crippen molar-refractivity contribution in [2.45, 2.75) is 50.5 Å². The van der Waals surface area contributed by atoms with Gasteiger partial charge in [0.2, 0.25) is 0 Å². The molecule has 15 rings (SSSR count). The molecule has 3 nitrogen and oxygen atoms in total. The lowest BCUT2D eigenvalue weighted by Gasteiger charge is -2.30. The van der Waals surface area contributed by atoms with Crippen LogP contribution in [0.4, 0.5) is 17.1 Å². The molecule has 3 heteroatoms. The molecule has 3 aliphatic carbocycles. The van der Waals surface area contributed by atoms with E-state index in [4.69, 9.17) is 9.15 Å². The number of benzene rings is 10. The third-order valence-electron chi connectivity index (χ3n) is 17.0. The van der Waals surface area contributed by atoms with Crippen molar-refractivity contribution in [2.75, 3.05) is 4.90 Å². The van der Waals surface area contributed by atoms with E-state index < -0.39 is 0 Å². The highest BCUT2D eigenvalue weighted by Gasteiger charge is 2.39. The molecule has 0 saturated carbocycles. The van der Waals surface area contributed by atoms with E-state index in [1.165, 1.54) is 94.6 Å². The zero-order chi connectivity index (χ0) is 50.2. The predicted octanol–water partition coefficient (Wildman–Crippen LogP) is 19.2. The molecule has 11 aromatic rings. The molecule has 0 saturated heterocycles. The molecule has 4 aliphatic rings. The maximum Gasteiger partial charge on any atom is 0.135 e. The smallest absolute Gasteiger partial charge is 0.135 e. The predicted molar refractivity (Wildman–Crippen MR) is 311 cm³/mol. The lowest BCUT2D eigenvalue weighted by atomic mass is 9.80. The Morgan fingerprint density at radius 2 is 0.867 bits per heavy atom. The van der Waals surface area contributed by atoms with Gasteiger partial charge in [-0.1, -0.05) is 185 Å². The van der Waals surface area contributed by atoms with E-state index in [1.54, 1.807) is 0 Å². The zero-order valence-corrected chi connectivity index (χ0v) is 42.4. The first-order valence-electron chi connectivity index (χ1n) is 26.4. The summed E-state index contributed by atoms with van der Waals surface area (Å²) < 4.78 is 12.5. The topological polar surface area (TPSA) is 25.6 Å². The lowest BCUT2D eigenvalue weighted by molar-refractivity contribution is 0.269. The summed E-state index contributed by atoms with van der Waals surface area (Å²) in [6, 6.07) is 80.5. The Balaban J connectivity index is 0.803. The molecule has 10 aromatic carbocycles. The van der Waals surface area contributed by atoms with Crippen molar-refractivity contribution in [1.82, 2.24) is 0 Å². The molecule has 0 N–H and O–H groups in total. The Morgan fingerprint density at radius 1 is 0.387 bits per heavy atom. The van der Waals surface area contributed by atoms with Crippen molar-refractivity contribution in [3.63, 3.8) is 0 Å². The third kappa shape index (κ3) is 6.80. The third-order valence-corrected chi connectivity index (χ3v) is 17.0. The molecule has 2 unspecified atom stereocenters. The number of allylic oxidation sites excluding steroid dienone is 2. The second kappa shape index (κ2) is 16.3. The monoisotopic (exact) mass is 963 g/mol. The van der Waals surface area contributed by atoms with Gasteiger partial charge in [0.15, 0.2) is 0 Å². The van der Waals surface area contributed by atoms with Gasteiger partial charge in [-0.05, 0) is 168 Å². The molecule has 0 fully saturated rings. The van der Waals surface area contributed by atoms with E-state index >= 15 is 0 Å². The van der Waals surface area contributed by atoms with Gasteiger partial charge in [0.05, 0.1) is 0 Å². The van der Waals surface area contributed by atoms with Crippen LogP contribution in [0.3, 0.4) is 0 Å². The van der Waals surface area contributed by atoms with Gasteiger partial charge in [0, 0.05) is 50.1 Å². The fourth-order valence-electron chi connectivity index (χ4n) is 13.0. The summed E-state index contributed by atoms with van der Waals surface area (Å²) in [5, 5.41) is 2.29. The number of hydrogen-bond donors (Lipinski definition) is 0. The lowest BCUT2D eigenvalue weighted by Crippen LogP contribution is -2.18. The number of rotatable bonds is 7.